The molecule has 1 aromatic heterocycles. The van der Waals surface area contributed by atoms with E-state index in [-0.39, 0.29) is 0 Å². The number of nitrogens with one attached hydrogen (secondary N) is 1. The van der Waals surface area contributed by atoms with Crippen LogP contribution in [-0.4, -0.2) is 27.8 Å². The van der Waals surface area contributed by atoms with Crippen LogP contribution in [0.2, 0.25) is 0 Å². The van der Waals surface area contributed by atoms with Crippen molar-refractivity contribution >= 4 is 11.8 Å². The molecule has 0 fully saturated rings. The molecule has 1 rings (SSSR count). The molecule has 102 valence electrons. The fraction of sp³-hybridized carbons (Fsp3) is 0.714. The van der Waals surface area contributed by atoms with Crippen LogP contribution in [0.3, 0.4) is 0 Å². The number of hydrogen-bond acceptors (Lipinski definition) is 4. The largest absolute Gasteiger partial charge is 0.313 e. The second kappa shape index (κ2) is 9.34. The molecular weight excluding hydrogens is 242 g/mol. The van der Waals surface area contributed by atoms with Crippen molar-refractivity contribution in [1.82, 2.24) is 15.3 Å². The average molecular weight is 267 g/mol. The zero-order chi connectivity index (χ0) is 13.2. The Kier molecular flexibility index (Phi) is 8.01. The highest BCUT2D eigenvalue weighted by molar-refractivity contribution is 7.99. The molecule has 0 saturated carbocycles. The van der Waals surface area contributed by atoms with Gasteiger partial charge in [-0.15, -0.1) is 0 Å². The third-order valence-corrected chi connectivity index (χ3v) is 4.29. The number of hydrogen-bond donors (Lipinski definition) is 1. The Bertz CT molecular complexity index is 305. The standard InChI is InChI=1S/C14H25N3S/c1-4-8-12(15-9-5-2)13(6-3)18-14-16-10-7-11-17-14/h7,10-13,15H,4-6,8-9H2,1-3H3. The summed E-state index contributed by atoms with van der Waals surface area (Å²) < 4.78 is 0. The van der Waals surface area contributed by atoms with Gasteiger partial charge < -0.3 is 5.32 Å². The fourth-order valence-corrected chi connectivity index (χ4v) is 3.07. The number of nitrogens with zero attached hydrogens (tertiary/aromatic N) is 2. The van der Waals surface area contributed by atoms with Crippen molar-refractivity contribution in [1.29, 1.82) is 0 Å². The summed E-state index contributed by atoms with van der Waals surface area (Å²) in [5, 5.41) is 5.11. The maximum Gasteiger partial charge on any atom is 0.187 e. The van der Waals surface area contributed by atoms with Gasteiger partial charge in [-0.3, -0.25) is 0 Å². The molecule has 0 aliphatic rings. The lowest BCUT2D eigenvalue weighted by atomic mass is 10.1. The second-order valence-corrected chi connectivity index (χ2v) is 5.65. The average Bonchev–Trinajstić information content (AvgIpc) is 2.42. The summed E-state index contributed by atoms with van der Waals surface area (Å²) in [6, 6.07) is 2.43. The van der Waals surface area contributed by atoms with Gasteiger partial charge in [0.1, 0.15) is 0 Å². The van der Waals surface area contributed by atoms with E-state index < -0.39 is 0 Å². The maximum absolute atomic E-state index is 4.31. The van der Waals surface area contributed by atoms with Crippen LogP contribution in [0.5, 0.6) is 0 Å². The Morgan fingerprint density at radius 1 is 1.17 bits per heavy atom. The zero-order valence-corrected chi connectivity index (χ0v) is 12.5. The van der Waals surface area contributed by atoms with Crippen LogP contribution >= 0.6 is 11.8 Å². The van der Waals surface area contributed by atoms with Gasteiger partial charge in [-0.1, -0.05) is 39.0 Å². The summed E-state index contributed by atoms with van der Waals surface area (Å²) >= 11 is 1.80. The Balaban J connectivity index is 2.60. The number of rotatable bonds is 9. The van der Waals surface area contributed by atoms with Gasteiger partial charge in [-0.2, -0.15) is 0 Å². The number of aromatic nitrogens is 2. The molecule has 0 spiro atoms. The molecule has 2 unspecified atom stereocenters. The van der Waals surface area contributed by atoms with Crippen LogP contribution < -0.4 is 5.32 Å². The minimum absolute atomic E-state index is 0.555. The third-order valence-electron chi connectivity index (χ3n) is 2.91. The monoisotopic (exact) mass is 267 g/mol. The van der Waals surface area contributed by atoms with Gasteiger partial charge in [0.2, 0.25) is 0 Å². The highest BCUT2D eigenvalue weighted by Gasteiger charge is 2.20. The van der Waals surface area contributed by atoms with Crippen LogP contribution in [0.4, 0.5) is 0 Å². The van der Waals surface area contributed by atoms with E-state index in [4.69, 9.17) is 0 Å². The highest BCUT2D eigenvalue weighted by Crippen LogP contribution is 2.26. The first-order valence-corrected chi connectivity index (χ1v) is 7.86. The summed E-state index contributed by atoms with van der Waals surface area (Å²) in [4.78, 5) is 8.63. The smallest absolute Gasteiger partial charge is 0.187 e. The first-order valence-electron chi connectivity index (χ1n) is 6.98. The quantitative estimate of drug-likeness (QED) is 0.549. The Hall–Kier alpha value is -0.610. The van der Waals surface area contributed by atoms with Crippen molar-refractivity contribution in [3.05, 3.63) is 18.5 Å². The van der Waals surface area contributed by atoms with E-state index in [9.17, 15) is 0 Å². The second-order valence-electron chi connectivity index (χ2n) is 4.45. The molecule has 0 amide bonds. The van der Waals surface area contributed by atoms with Crippen LogP contribution in [0, 0.1) is 0 Å². The van der Waals surface area contributed by atoms with E-state index in [0.717, 1.165) is 18.1 Å². The van der Waals surface area contributed by atoms with Crippen molar-refractivity contribution in [2.45, 2.75) is 62.9 Å². The lowest BCUT2D eigenvalue weighted by Crippen LogP contribution is -2.38. The van der Waals surface area contributed by atoms with Crippen molar-refractivity contribution in [2.75, 3.05) is 6.54 Å². The minimum atomic E-state index is 0.555. The van der Waals surface area contributed by atoms with Crippen molar-refractivity contribution < 1.29 is 0 Å². The first-order chi connectivity index (χ1) is 8.81. The predicted molar refractivity (Wildman–Crippen MR) is 79.0 cm³/mol. The van der Waals surface area contributed by atoms with Gasteiger partial charge in [0, 0.05) is 23.7 Å². The van der Waals surface area contributed by atoms with E-state index in [1.165, 1.54) is 19.3 Å². The molecule has 0 aromatic carbocycles. The number of thioether (sulfide) groups is 1. The Morgan fingerprint density at radius 3 is 2.44 bits per heavy atom. The van der Waals surface area contributed by atoms with Gasteiger partial charge in [-0.05, 0) is 31.9 Å². The molecular formula is C14H25N3S. The molecule has 0 aliphatic heterocycles. The SMILES string of the molecule is CCCNC(CCC)C(CC)Sc1ncccn1. The van der Waals surface area contributed by atoms with E-state index in [0.29, 0.717) is 11.3 Å². The van der Waals surface area contributed by atoms with E-state index in [1.807, 2.05) is 18.5 Å². The molecule has 0 radical (unpaired) electrons. The Labute approximate surface area is 115 Å². The first kappa shape index (κ1) is 15.4. The lowest BCUT2D eigenvalue weighted by Gasteiger charge is -2.26. The van der Waals surface area contributed by atoms with Crippen molar-refractivity contribution in [3.63, 3.8) is 0 Å². The minimum Gasteiger partial charge on any atom is -0.313 e. The highest BCUT2D eigenvalue weighted by atomic mass is 32.2. The van der Waals surface area contributed by atoms with E-state index >= 15 is 0 Å². The summed E-state index contributed by atoms with van der Waals surface area (Å²) in [7, 11) is 0. The molecule has 0 saturated heterocycles. The molecule has 1 N–H and O–H groups in total. The molecule has 0 bridgehead atoms. The van der Waals surface area contributed by atoms with Crippen LogP contribution in [0.1, 0.15) is 46.5 Å². The summed E-state index contributed by atoms with van der Waals surface area (Å²) in [5.74, 6) is 0. The van der Waals surface area contributed by atoms with Gasteiger partial charge in [0.25, 0.3) is 0 Å². The normalized spacial score (nSPS) is 14.4. The molecule has 0 aliphatic carbocycles. The third kappa shape index (κ3) is 5.36. The van der Waals surface area contributed by atoms with Gasteiger partial charge in [0.05, 0.1) is 0 Å². The van der Waals surface area contributed by atoms with Gasteiger partial charge >= 0.3 is 0 Å². The van der Waals surface area contributed by atoms with Crippen LogP contribution in [-0.2, 0) is 0 Å². The summed E-state index contributed by atoms with van der Waals surface area (Å²) in [6.45, 7) is 7.80. The van der Waals surface area contributed by atoms with Gasteiger partial charge in [-0.25, -0.2) is 9.97 Å². The molecule has 1 heterocycles. The van der Waals surface area contributed by atoms with Gasteiger partial charge in [0.15, 0.2) is 5.16 Å². The Morgan fingerprint density at radius 2 is 1.89 bits per heavy atom. The molecule has 2 atom stereocenters. The summed E-state index contributed by atoms with van der Waals surface area (Å²) in [6.07, 6.45) is 8.40. The lowest BCUT2D eigenvalue weighted by molar-refractivity contribution is 0.454. The van der Waals surface area contributed by atoms with E-state index in [2.05, 4.69) is 36.1 Å². The molecule has 18 heavy (non-hydrogen) atoms. The van der Waals surface area contributed by atoms with E-state index in [1.54, 1.807) is 11.8 Å². The van der Waals surface area contributed by atoms with Crippen LogP contribution in [0.25, 0.3) is 0 Å². The predicted octanol–water partition coefficient (Wildman–Crippen LogP) is 3.52. The molecule has 3 nitrogen and oxygen atoms in total. The van der Waals surface area contributed by atoms with Crippen LogP contribution in [0.15, 0.2) is 23.6 Å². The topological polar surface area (TPSA) is 37.8 Å². The molecule has 4 heteroatoms. The molecule has 1 aromatic rings. The van der Waals surface area contributed by atoms with Crippen molar-refractivity contribution in [2.24, 2.45) is 0 Å². The fourth-order valence-electron chi connectivity index (χ4n) is 1.99. The maximum atomic E-state index is 4.31. The van der Waals surface area contributed by atoms with Crippen molar-refractivity contribution in [3.8, 4) is 0 Å². The summed E-state index contributed by atoms with van der Waals surface area (Å²) in [5.41, 5.74) is 0. The zero-order valence-electron chi connectivity index (χ0n) is 11.7.